The molecule has 0 radical (unpaired) electrons. The van der Waals surface area contributed by atoms with Crippen LogP contribution in [0.5, 0.6) is 0 Å². The van der Waals surface area contributed by atoms with Crippen molar-refractivity contribution < 1.29 is 0 Å². The molecule has 0 amide bonds. The molecule has 2 rings (SSSR count). The molecule has 1 aliphatic rings. The van der Waals surface area contributed by atoms with Gasteiger partial charge in [-0.3, -0.25) is 4.68 Å². The molecular weight excluding hydrogens is 198 g/mol. The molecular formula is C13H23N3. The lowest BCUT2D eigenvalue weighted by molar-refractivity contribution is 0.438. The van der Waals surface area contributed by atoms with Gasteiger partial charge in [-0.1, -0.05) is 13.8 Å². The van der Waals surface area contributed by atoms with Crippen LogP contribution in [-0.4, -0.2) is 22.9 Å². The zero-order valence-corrected chi connectivity index (χ0v) is 10.9. The van der Waals surface area contributed by atoms with Gasteiger partial charge in [0.05, 0.1) is 5.69 Å². The molecule has 0 aromatic carbocycles. The Labute approximate surface area is 98.2 Å². The highest BCUT2D eigenvalue weighted by atomic mass is 15.3. The highest BCUT2D eigenvalue weighted by molar-refractivity contribution is 5.30. The van der Waals surface area contributed by atoms with Gasteiger partial charge in [0, 0.05) is 18.7 Å². The Kier molecular flexibility index (Phi) is 3.33. The zero-order chi connectivity index (χ0) is 11.7. The summed E-state index contributed by atoms with van der Waals surface area (Å²) in [5, 5.41) is 8.10. The number of aryl methyl sites for hydroxylation is 1. The Hall–Kier alpha value is -0.830. The topological polar surface area (TPSA) is 29.9 Å². The van der Waals surface area contributed by atoms with Crippen molar-refractivity contribution in [3.8, 4) is 0 Å². The predicted molar refractivity (Wildman–Crippen MR) is 66.9 cm³/mol. The Morgan fingerprint density at radius 1 is 1.31 bits per heavy atom. The fourth-order valence-corrected chi connectivity index (χ4v) is 2.88. The van der Waals surface area contributed by atoms with Crippen LogP contribution < -0.4 is 5.32 Å². The summed E-state index contributed by atoms with van der Waals surface area (Å²) < 4.78 is 2.11. The first-order chi connectivity index (χ1) is 7.61. The van der Waals surface area contributed by atoms with E-state index in [4.69, 9.17) is 0 Å². The normalized spacial score (nSPS) is 18.3. The fraction of sp³-hybridized carbons (Fsp3) is 0.769. The maximum absolute atomic E-state index is 4.68. The Balaban J connectivity index is 2.32. The highest BCUT2D eigenvalue weighted by Crippen LogP contribution is 2.31. The summed E-state index contributed by atoms with van der Waals surface area (Å²) in [6.07, 6.45) is 2.50. The van der Waals surface area contributed by atoms with E-state index in [9.17, 15) is 0 Å². The van der Waals surface area contributed by atoms with Crippen molar-refractivity contribution >= 4 is 0 Å². The minimum absolute atomic E-state index is 0.529. The van der Waals surface area contributed by atoms with E-state index in [0.29, 0.717) is 11.8 Å². The van der Waals surface area contributed by atoms with E-state index in [1.165, 1.54) is 29.8 Å². The zero-order valence-electron chi connectivity index (χ0n) is 10.9. The molecule has 1 aromatic rings. The summed E-state index contributed by atoms with van der Waals surface area (Å²) in [7, 11) is 2.09. The third kappa shape index (κ3) is 2.01. The molecule has 1 saturated heterocycles. The lowest BCUT2D eigenvalue weighted by Gasteiger charge is -2.23. The van der Waals surface area contributed by atoms with E-state index in [1.54, 1.807) is 0 Å². The molecule has 1 aliphatic heterocycles. The van der Waals surface area contributed by atoms with E-state index in [1.807, 2.05) is 0 Å². The molecule has 0 atom stereocenters. The molecule has 0 unspecified atom stereocenters. The lowest BCUT2D eigenvalue weighted by Crippen LogP contribution is -2.27. The van der Waals surface area contributed by atoms with Crippen molar-refractivity contribution in [1.29, 1.82) is 0 Å². The van der Waals surface area contributed by atoms with Crippen molar-refractivity contribution in [2.45, 2.75) is 45.4 Å². The predicted octanol–water partition coefficient (Wildman–Crippen LogP) is 2.32. The maximum Gasteiger partial charge on any atom is 0.0681 e. The standard InChI is InChI=1S/C13H23N3/c1-9(2)12-10(3)13(16(4)15-12)11-5-7-14-8-6-11/h9,11,14H,5-8H2,1-4H3. The van der Waals surface area contributed by atoms with Gasteiger partial charge >= 0.3 is 0 Å². The van der Waals surface area contributed by atoms with Gasteiger partial charge < -0.3 is 5.32 Å². The molecule has 0 spiro atoms. The summed E-state index contributed by atoms with van der Waals surface area (Å²) in [5.41, 5.74) is 4.16. The molecule has 0 aliphatic carbocycles. The van der Waals surface area contributed by atoms with E-state index in [0.717, 1.165) is 13.1 Å². The summed E-state index contributed by atoms with van der Waals surface area (Å²) >= 11 is 0. The smallest absolute Gasteiger partial charge is 0.0681 e. The van der Waals surface area contributed by atoms with Crippen molar-refractivity contribution in [3.05, 3.63) is 17.0 Å². The van der Waals surface area contributed by atoms with Gasteiger partial charge in [0.2, 0.25) is 0 Å². The molecule has 3 heteroatoms. The van der Waals surface area contributed by atoms with Crippen LogP contribution >= 0.6 is 0 Å². The average Bonchev–Trinajstić information content (AvgIpc) is 2.56. The molecule has 0 bridgehead atoms. The van der Waals surface area contributed by atoms with Gasteiger partial charge in [-0.05, 0) is 44.3 Å². The van der Waals surface area contributed by atoms with Gasteiger partial charge in [0.1, 0.15) is 0 Å². The number of nitrogens with zero attached hydrogens (tertiary/aromatic N) is 2. The van der Waals surface area contributed by atoms with E-state index in [-0.39, 0.29) is 0 Å². The molecule has 0 saturated carbocycles. The molecule has 1 aromatic heterocycles. The second-order valence-corrected chi connectivity index (χ2v) is 5.20. The summed E-state index contributed by atoms with van der Waals surface area (Å²) in [6, 6.07) is 0. The molecule has 16 heavy (non-hydrogen) atoms. The Morgan fingerprint density at radius 3 is 2.44 bits per heavy atom. The first kappa shape index (κ1) is 11.6. The minimum atomic E-state index is 0.529. The van der Waals surface area contributed by atoms with Crippen LogP contribution in [0.1, 0.15) is 55.5 Å². The van der Waals surface area contributed by atoms with Crippen LogP contribution in [0.15, 0.2) is 0 Å². The molecule has 3 nitrogen and oxygen atoms in total. The third-order valence-corrected chi connectivity index (χ3v) is 3.65. The van der Waals surface area contributed by atoms with Gasteiger partial charge in [0.15, 0.2) is 0 Å². The highest BCUT2D eigenvalue weighted by Gasteiger charge is 2.23. The Morgan fingerprint density at radius 2 is 1.94 bits per heavy atom. The van der Waals surface area contributed by atoms with Crippen molar-refractivity contribution in [2.24, 2.45) is 7.05 Å². The molecule has 90 valence electrons. The van der Waals surface area contributed by atoms with E-state index < -0.39 is 0 Å². The van der Waals surface area contributed by atoms with Gasteiger partial charge in [-0.15, -0.1) is 0 Å². The largest absolute Gasteiger partial charge is 0.317 e. The molecule has 2 heterocycles. The van der Waals surface area contributed by atoms with Crippen LogP contribution in [0.25, 0.3) is 0 Å². The van der Waals surface area contributed by atoms with Crippen LogP contribution in [0.3, 0.4) is 0 Å². The Bertz CT molecular complexity index is 359. The molecule has 1 N–H and O–H groups in total. The fourth-order valence-electron chi connectivity index (χ4n) is 2.88. The van der Waals surface area contributed by atoms with Gasteiger partial charge in [-0.2, -0.15) is 5.10 Å². The second kappa shape index (κ2) is 4.58. The number of piperidine rings is 1. The minimum Gasteiger partial charge on any atom is -0.317 e. The lowest BCUT2D eigenvalue weighted by atomic mass is 9.90. The number of hydrogen-bond donors (Lipinski definition) is 1. The first-order valence-electron chi connectivity index (χ1n) is 6.35. The van der Waals surface area contributed by atoms with Crippen LogP contribution in [-0.2, 0) is 7.05 Å². The number of rotatable bonds is 2. The number of hydrogen-bond acceptors (Lipinski definition) is 2. The number of nitrogens with one attached hydrogen (secondary N) is 1. The van der Waals surface area contributed by atoms with Crippen molar-refractivity contribution in [2.75, 3.05) is 13.1 Å². The first-order valence-corrected chi connectivity index (χ1v) is 6.35. The van der Waals surface area contributed by atoms with Crippen LogP contribution in [0, 0.1) is 6.92 Å². The van der Waals surface area contributed by atoms with Gasteiger partial charge in [-0.25, -0.2) is 0 Å². The maximum atomic E-state index is 4.68. The SMILES string of the molecule is Cc1c(C(C)C)nn(C)c1C1CCNCC1. The summed E-state index contributed by atoms with van der Waals surface area (Å²) in [6.45, 7) is 8.97. The van der Waals surface area contributed by atoms with Crippen molar-refractivity contribution in [1.82, 2.24) is 15.1 Å². The quantitative estimate of drug-likeness (QED) is 0.830. The molecule has 1 fully saturated rings. The van der Waals surface area contributed by atoms with E-state index >= 15 is 0 Å². The van der Waals surface area contributed by atoms with Crippen molar-refractivity contribution in [3.63, 3.8) is 0 Å². The van der Waals surface area contributed by atoms with Gasteiger partial charge in [0.25, 0.3) is 0 Å². The average molecular weight is 221 g/mol. The summed E-state index contributed by atoms with van der Waals surface area (Å²) in [4.78, 5) is 0. The summed E-state index contributed by atoms with van der Waals surface area (Å²) in [5.74, 6) is 1.23. The van der Waals surface area contributed by atoms with Crippen LogP contribution in [0.4, 0.5) is 0 Å². The monoisotopic (exact) mass is 221 g/mol. The third-order valence-electron chi connectivity index (χ3n) is 3.65. The van der Waals surface area contributed by atoms with Crippen LogP contribution in [0.2, 0.25) is 0 Å². The second-order valence-electron chi connectivity index (χ2n) is 5.20. The van der Waals surface area contributed by atoms with E-state index in [2.05, 4.69) is 42.9 Å². The number of aromatic nitrogens is 2.